The lowest BCUT2D eigenvalue weighted by Crippen LogP contribution is -2.25. The van der Waals surface area contributed by atoms with Gasteiger partial charge in [-0.3, -0.25) is 0 Å². The van der Waals surface area contributed by atoms with Crippen LogP contribution in [0.25, 0.3) is 0 Å². The number of halogens is 2. The maximum atomic E-state index is 13.2. The van der Waals surface area contributed by atoms with Gasteiger partial charge in [-0.2, -0.15) is 5.26 Å². The van der Waals surface area contributed by atoms with Crippen molar-refractivity contribution in [1.82, 2.24) is 0 Å². The molecule has 0 N–H and O–H groups in total. The maximum absolute atomic E-state index is 13.2. The molecule has 17 heavy (non-hydrogen) atoms. The van der Waals surface area contributed by atoms with Crippen LogP contribution in [0.1, 0.15) is 37.7 Å². The van der Waals surface area contributed by atoms with Crippen LogP contribution in [0, 0.1) is 22.6 Å². The lowest BCUT2D eigenvalue weighted by Gasteiger charge is -2.30. The first-order valence-electron chi connectivity index (χ1n) is 6.00. The minimum Gasteiger partial charge on any atom is -0.207 e. The van der Waals surface area contributed by atoms with Gasteiger partial charge in [0.25, 0.3) is 0 Å². The van der Waals surface area contributed by atoms with Crippen molar-refractivity contribution in [3.63, 3.8) is 0 Å². The third kappa shape index (κ3) is 2.79. The van der Waals surface area contributed by atoms with Crippen LogP contribution in [0.3, 0.4) is 0 Å². The molecule has 1 aromatic rings. The highest BCUT2D eigenvalue weighted by atomic mass is 35.5. The Morgan fingerprint density at radius 2 is 2.00 bits per heavy atom. The van der Waals surface area contributed by atoms with Gasteiger partial charge in [0.1, 0.15) is 5.82 Å². The Bertz CT molecular complexity index is 444. The molecule has 0 spiro atoms. The average Bonchev–Trinajstić information content (AvgIpc) is 2.35. The van der Waals surface area contributed by atoms with Crippen molar-refractivity contribution in [3.05, 3.63) is 34.6 Å². The first-order valence-corrected chi connectivity index (χ1v) is 6.38. The van der Waals surface area contributed by atoms with E-state index in [1.165, 1.54) is 18.6 Å². The molecule has 0 aliphatic heterocycles. The average molecular weight is 252 g/mol. The van der Waals surface area contributed by atoms with Crippen LogP contribution in [0.5, 0.6) is 0 Å². The van der Waals surface area contributed by atoms with Gasteiger partial charge in [0.2, 0.25) is 0 Å². The fourth-order valence-corrected chi connectivity index (χ4v) is 2.78. The van der Waals surface area contributed by atoms with Crippen LogP contribution in [-0.4, -0.2) is 0 Å². The predicted octanol–water partition coefficient (Wildman–Crippen LogP) is 4.50. The summed E-state index contributed by atoms with van der Waals surface area (Å²) in [5.41, 5.74) is 0.422. The predicted molar refractivity (Wildman–Crippen MR) is 66.2 cm³/mol. The third-order valence-electron chi connectivity index (χ3n) is 3.58. The molecular formula is C14H15ClFN. The molecule has 1 fully saturated rings. The zero-order valence-corrected chi connectivity index (χ0v) is 10.4. The Morgan fingerprint density at radius 1 is 1.29 bits per heavy atom. The van der Waals surface area contributed by atoms with Crippen molar-refractivity contribution >= 4 is 11.6 Å². The largest absolute Gasteiger partial charge is 0.207 e. The lowest BCUT2D eigenvalue weighted by atomic mass is 9.71. The zero-order valence-electron chi connectivity index (χ0n) is 9.68. The van der Waals surface area contributed by atoms with E-state index in [2.05, 4.69) is 6.07 Å². The molecule has 2 rings (SSSR count). The summed E-state index contributed by atoms with van der Waals surface area (Å²) in [6.45, 7) is 0. The molecule has 0 bridgehead atoms. The Labute approximate surface area is 106 Å². The number of hydrogen-bond donors (Lipinski definition) is 0. The summed E-state index contributed by atoms with van der Waals surface area (Å²) in [6.07, 6.45) is 5.73. The summed E-state index contributed by atoms with van der Waals surface area (Å²) in [4.78, 5) is 0. The second-order valence-electron chi connectivity index (χ2n) is 4.87. The summed E-state index contributed by atoms with van der Waals surface area (Å²) in [5, 5.41) is 9.94. The summed E-state index contributed by atoms with van der Waals surface area (Å²) in [7, 11) is 0. The molecular weight excluding hydrogens is 237 g/mol. The smallest absolute Gasteiger partial charge is 0.123 e. The molecule has 0 aromatic heterocycles. The molecule has 1 nitrogen and oxygen atoms in total. The Kier molecular flexibility index (Phi) is 3.69. The molecule has 3 heteroatoms. The summed E-state index contributed by atoms with van der Waals surface area (Å²) in [5.74, 6) is -0.284. The number of benzene rings is 1. The van der Waals surface area contributed by atoms with Gasteiger partial charge in [-0.1, -0.05) is 30.9 Å². The molecule has 0 unspecified atom stereocenters. The highest BCUT2D eigenvalue weighted by Gasteiger charge is 2.32. The zero-order chi connectivity index (χ0) is 12.3. The normalized spacial score (nSPS) is 18.6. The lowest BCUT2D eigenvalue weighted by molar-refractivity contribution is 0.265. The molecule has 0 amide bonds. The second kappa shape index (κ2) is 5.06. The molecule has 1 aromatic carbocycles. The van der Waals surface area contributed by atoms with E-state index in [-0.39, 0.29) is 11.2 Å². The van der Waals surface area contributed by atoms with E-state index in [9.17, 15) is 9.65 Å². The molecule has 0 atom stereocenters. The highest BCUT2D eigenvalue weighted by molar-refractivity contribution is 6.31. The third-order valence-corrected chi connectivity index (χ3v) is 3.95. The van der Waals surface area contributed by atoms with Crippen LogP contribution in [0.15, 0.2) is 18.2 Å². The summed E-state index contributed by atoms with van der Waals surface area (Å²) in [6, 6.07) is 6.81. The van der Waals surface area contributed by atoms with E-state index in [1.807, 2.05) is 0 Å². The van der Waals surface area contributed by atoms with Crippen molar-refractivity contribution < 1.29 is 4.39 Å². The van der Waals surface area contributed by atoms with E-state index in [0.29, 0.717) is 11.4 Å². The fraction of sp³-hybridized carbons (Fsp3) is 0.500. The van der Waals surface area contributed by atoms with Gasteiger partial charge < -0.3 is 0 Å². The minimum absolute atomic E-state index is 0.284. The fourth-order valence-electron chi connectivity index (χ4n) is 2.60. The molecule has 1 aliphatic carbocycles. The molecule has 0 saturated heterocycles. The molecule has 0 radical (unpaired) electrons. The minimum atomic E-state index is -0.338. The molecule has 90 valence electrons. The Morgan fingerprint density at radius 3 is 2.65 bits per heavy atom. The highest BCUT2D eigenvalue weighted by Crippen LogP contribution is 2.39. The van der Waals surface area contributed by atoms with Crippen LogP contribution in [-0.2, 0) is 6.42 Å². The Hall–Kier alpha value is -1.07. The van der Waals surface area contributed by atoms with Gasteiger partial charge in [-0.05, 0) is 43.0 Å². The topological polar surface area (TPSA) is 23.8 Å². The summed E-state index contributed by atoms with van der Waals surface area (Å²) >= 11 is 6.06. The first kappa shape index (κ1) is 12.4. The molecule has 1 saturated carbocycles. The van der Waals surface area contributed by atoms with Crippen molar-refractivity contribution in [1.29, 1.82) is 5.26 Å². The van der Waals surface area contributed by atoms with Crippen molar-refractivity contribution in [2.24, 2.45) is 5.41 Å². The second-order valence-corrected chi connectivity index (χ2v) is 5.27. The summed E-state index contributed by atoms with van der Waals surface area (Å²) < 4.78 is 13.2. The standard InChI is InChI=1S/C14H15ClFN/c15-13-5-4-12(16)8-11(13)9-14(10-17)6-2-1-3-7-14/h4-5,8H,1-3,6-7,9H2. The SMILES string of the molecule is N#CC1(Cc2cc(F)ccc2Cl)CCCCC1. The molecule has 1 aliphatic rings. The van der Waals surface area contributed by atoms with Crippen LogP contribution < -0.4 is 0 Å². The van der Waals surface area contributed by atoms with E-state index in [1.54, 1.807) is 6.07 Å². The van der Waals surface area contributed by atoms with Crippen LogP contribution in [0.4, 0.5) is 4.39 Å². The number of rotatable bonds is 2. The van der Waals surface area contributed by atoms with Crippen LogP contribution in [0.2, 0.25) is 5.02 Å². The van der Waals surface area contributed by atoms with Gasteiger partial charge in [0.05, 0.1) is 11.5 Å². The van der Waals surface area contributed by atoms with Crippen molar-refractivity contribution in [3.8, 4) is 6.07 Å². The van der Waals surface area contributed by atoms with Gasteiger partial charge >= 0.3 is 0 Å². The van der Waals surface area contributed by atoms with E-state index < -0.39 is 0 Å². The van der Waals surface area contributed by atoms with Gasteiger partial charge in [0, 0.05) is 5.02 Å². The van der Waals surface area contributed by atoms with Gasteiger partial charge in [0.15, 0.2) is 0 Å². The maximum Gasteiger partial charge on any atom is 0.123 e. The van der Waals surface area contributed by atoms with E-state index in [4.69, 9.17) is 11.6 Å². The van der Waals surface area contributed by atoms with Crippen molar-refractivity contribution in [2.45, 2.75) is 38.5 Å². The van der Waals surface area contributed by atoms with Crippen molar-refractivity contribution in [2.75, 3.05) is 0 Å². The Balaban J connectivity index is 2.23. The van der Waals surface area contributed by atoms with E-state index >= 15 is 0 Å². The number of hydrogen-bond acceptors (Lipinski definition) is 1. The van der Waals surface area contributed by atoms with Gasteiger partial charge in [-0.15, -0.1) is 0 Å². The quantitative estimate of drug-likeness (QED) is 0.759. The first-order chi connectivity index (χ1) is 8.15. The van der Waals surface area contributed by atoms with E-state index in [0.717, 1.165) is 31.2 Å². The van der Waals surface area contributed by atoms with Gasteiger partial charge in [-0.25, -0.2) is 4.39 Å². The number of nitrogens with zero attached hydrogens (tertiary/aromatic N) is 1. The molecule has 0 heterocycles. The monoisotopic (exact) mass is 251 g/mol. The van der Waals surface area contributed by atoms with Crippen LogP contribution >= 0.6 is 11.6 Å². The number of nitriles is 1.